The van der Waals surface area contributed by atoms with Crippen molar-refractivity contribution in [3.63, 3.8) is 0 Å². The standard InChI is InChI=1S/C21H22N2/c1-3-7-17(8-4-1)18-11-13-19(14-12-18)21-15-16-22-23(21)20-9-5-2-6-10-20/h2,5-6,9-17H,1,3-4,7-8H2. The first-order valence-corrected chi connectivity index (χ1v) is 8.61. The molecule has 1 aromatic heterocycles. The Labute approximate surface area is 137 Å². The van der Waals surface area contributed by atoms with Crippen LogP contribution in [0.4, 0.5) is 0 Å². The third kappa shape index (κ3) is 2.94. The van der Waals surface area contributed by atoms with Crippen LogP contribution < -0.4 is 0 Å². The number of hydrogen-bond acceptors (Lipinski definition) is 1. The average Bonchev–Trinajstić information content (AvgIpc) is 3.13. The van der Waals surface area contributed by atoms with Crippen LogP contribution in [0.25, 0.3) is 16.9 Å². The van der Waals surface area contributed by atoms with Crippen LogP contribution in [0.3, 0.4) is 0 Å². The number of nitrogens with zero attached hydrogens (tertiary/aromatic N) is 2. The van der Waals surface area contributed by atoms with E-state index in [4.69, 9.17) is 0 Å². The van der Waals surface area contributed by atoms with Crippen LogP contribution in [0.2, 0.25) is 0 Å². The topological polar surface area (TPSA) is 17.8 Å². The Morgan fingerprint density at radius 2 is 1.52 bits per heavy atom. The minimum Gasteiger partial charge on any atom is -0.233 e. The lowest BCUT2D eigenvalue weighted by Crippen LogP contribution is -2.04. The van der Waals surface area contributed by atoms with Gasteiger partial charge in [0.2, 0.25) is 0 Å². The predicted molar refractivity (Wildman–Crippen MR) is 94.8 cm³/mol. The molecule has 0 atom stereocenters. The van der Waals surface area contributed by atoms with Gasteiger partial charge < -0.3 is 0 Å². The van der Waals surface area contributed by atoms with Crippen LogP contribution >= 0.6 is 0 Å². The summed E-state index contributed by atoms with van der Waals surface area (Å²) in [5.41, 5.74) is 4.97. The third-order valence-electron chi connectivity index (χ3n) is 4.93. The van der Waals surface area contributed by atoms with Crippen molar-refractivity contribution in [1.82, 2.24) is 9.78 Å². The maximum Gasteiger partial charge on any atom is 0.0740 e. The molecular weight excluding hydrogens is 280 g/mol. The molecule has 2 heteroatoms. The van der Waals surface area contributed by atoms with Gasteiger partial charge in [0.1, 0.15) is 0 Å². The summed E-state index contributed by atoms with van der Waals surface area (Å²) < 4.78 is 2.01. The van der Waals surface area contributed by atoms with Crippen molar-refractivity contribution in [2.45, 2.75) is 38.0 Å². The van der Waals surface area contributed by atoms with Crippen molar-refractivity contribution >= 4 is 0 Å². The van der Waals surface area contributed by atoms with E-state index in [1.165, 1.54) is 43.2 Å². The molecule has 116 valence electrons. The van der Waals surface area contributed by atoms with E-state index in [2.05, 4.69) is 47.6 Å². The highest BCUT2D eigenvalue weighted by Crippen LogP contribution is 2.33. The molecule has 1 fully saturated rings. The fourth-order valence-corrected chi connectivity index (χ4v) is 3.66. The molecule has 1 aliphatic rings. The lowest BCUT2D eigenvalue weighted by atomic mass is 9.84. The highest BCUT2D eigenvalue weighted by atomic mass is 15.3. The molecule has 0 saturated heterocycles. The van der Waals surface area contributed by atoms with Crippen molar-refractivity contribution in [1.29, 1.82) is 0 Å². The Hall–Kier alpha value is -2.35. The first-order valence-electron chi connectivity index (χ1n) is 8.61. The largest absolute Gasteiger partial charge is 0.233 e. The number of hydrogen-bond donors (Lipinski definition) is 0. The van der Waals surface area contributed by atoms with E-state index in [-0.39, 0.29) is 0 Å². The van der Waals surface area contributed by atoms with Gasteiger partial charge in [-0.2, -0.15) is 5.10 Å². The first-order chi connectivity index (χ1) is 11.4. The zero-order valence-electron chi connectivity index (χ0n) is 13.4. The quantitative estimate of drug-likeness (QED) is 0.617. The summed E-state index contributed by atoms with van der Waals surface area (Å²) in [5.74, 6) is 0.761. The van der Waals surface area contributed by atoms with Gasteiger partial charge in [0.05, 0.1) is 17.6 Å². The molecule has 0 unspecified atom stereocenters. The van der Waals surface area contributed by atoms with Gasteiger partial charge in [-0.1, -0.05) is 61.7 Å². The second-order valence-corrected chi connectivity index (χ2v) is 6.42. The van der Waals surface area contributed by atoms with Crippen LogP contribution in [0.1, 0.15) is 43.6 Å². The van der Waals surface area contributed by atoms with Crippen LogP contribution in [-0.4, -0.2) is 9.78 Å². The van der Waals surface area contributed by atoms with Crippen molar-refractivity contribution in [2.75, 3.05) is 0 Å². The van der Waals surface area contributed by atoms with Crippen molar-refractivity contribution in [3.05, 3.63) is 72.4 Å². The summed E-state index contributed by atoms with van der Waals surface area (Å²) in [6.45, 7) is 0. The molecular formula is C21H22N2. The summed E-state index contributed by atoms with van der Waals surface area (Å²) in [7, 11) is 0. The van der Waals surface area contributed by atoms with Gasteiger partial charge in [0, 0.05) is 5.56 Å². The molecule has 0 spiro atoms. The highest BCUT2D eigenvalue weighted by molar-refractivity contribution is 5.62. The molecule has 4 rings (SSSR count). The Morgan fingerprint density at radius 3 is 2.26 bits per heavy atom. The summed E-state index contributed by atoms with van der Waals surface area (Å²) >= 11 is 0. The van der Waals surface area contributed by atoms with Crippen molar-refractivity contribution < 1.29 is 0 Å². The summed E-state index contributed by atoms with van der Waals surface area (Å²) in [6.07, 6.45) is 8.74. The van der Waals surface area contributed by atoms with Crippen molar-refractivity contribution in [2.24, 2.45) is 0 Å². The second kappa shape index (κ2) is 6.41. The van der Waals surface area contributed by atoms with E-state index >= 15 is 0 Å². The maximum absolute atomic E-state index is 4.49. The summed E-state index contributed by atoms with van der Waals surface area (Å²) in [4.78, 5) is 0. The lowest BCUT2D eigenvalue weighted by Gasteiger charge is -2.22. The fraction of sp³-hybridized carbons (Fsp3) is 0.286. The molecule has 1 saturated carbocycles. The molecule has 1 heterocycles. The minimum absolute atomic E-state index is 0.761. The molecule has 0 bridgehead atoms. The highest BCUT2D eigenvalue weighted by Gasteiger charge is 2.15. The lowest BCUT2D eigenvalue weighted by molar-refractivity contribution is 0.443. The van der Waals surface area contributed by atoms with Gasteiger partial charge in [-0.05, 0) is 42.5 Å². The summed E-state index contributed by atoms with van der Waals surface area (Å²) in [6, 6.07) is 21.5. The first kappa shape index (κ1) is 14.3. The van der Waals surface area contributed by atoms with Crippen LogP contribution in [0.5, 0.6) is 0 Å². The molecule has 2 nitrogen and oxygen atoms in total. The van der Waals surface area contributed by atoms with Crippen molar-refractivity contribution in [3.8, 4) is 16.9 Å². The Morgan fingerprint density at radius 1 is 0.783 bits per heavy atom. The van der Waals surface area contributed by atoms with Gasteiger partial charge in [-0.25, -0.2) is 4.68 Å². The molecule has 2 aromatic carbocycles. The summed E-state index contributed by atoms with van der Waals surface area (Å²) in [5, 5.41) is 4.49. The van der Waals surface area contributed by atoms with Gasteiger partial charge in [-0.15, -0.1) is 0 Å². The molecule has 0 N–H and O–H groups in total. The van der Waals surface area contributed by atoms with E-state index in [0.29, 0.717) is 0 Å². The Kier molecular flexibility index (Phi) is 3.97. The Balaban J connectivity index is 1.63. The zero-order valence-corrected chi connectivity index (χ0v) is 13.4. The maximum atomic E-state index is 4.49. The molecule has 3 aromatic rings. The number of benzene rings is 2. The van der Waals surface area contributed by atoms with E-state index in [1.54, 1.807) is 0 Å². The van der Waals surface area contributed by atoms with Gasteiger partial charge in [-0.3, -0.25) is 0 Å². The predicted octanol–water partition coefficient (Wildman–Crippen LogP) is 5.59. The molecule has 0 radical (unpaired) electrons. The van der Waals surface area contributed by atoms with E-state index in [9.17, 15) is 0 Å². The fourth-order valence-electron chi connectivity index (χ4n) is 3.66. The van der Waals surface area contributed by atoms with Crippen LogP contribution in [0.15, 0.2) is 66.9 Å². The SMILES string of the molecule is c1ccc(-n2nccc2-c2ccc(C3CCCCC3)cc2)cc1. The second-order valence-electron chi connectivity index (χ2n) is 6.42. The van der Waals surface area contributed by atoms with Gasteiger partial charge in [0.15, 0.2) is 0 Å². The zero-order chi connectivity index (χ0) is 15.5. The minimum atomic E-state index is 0.761. The molecule has 0 aliphatic heterocycles. The van der Waals surface area contributed by atoms with E-state index in [1.807, 2.05) is 29.1 Å². The third-order valence-corrected chi connectivity index (χ3v) is 4.93. The van der Waals surface area contributed by atoms with Crippen LogP contribution in [0, 0.1) is 0 Å². The van der Waals surface area contributed by atoms with E-state index < -0.39 is 0 Å². The number of aromatic nitrogens is 2. The molecule has 0 amide bonds. The van der Waals surface area contributed by atoms with Gasteiger partial charge >= 0.3 is 0 Å². The molecule has 1 aliphatic carbocycles. The normalized spacial score (nSPS) is 15.7. The number of rotatable bonds is 3. The monoisotopic (exact) mass is 302 g/mol. The van der Waals surface area contributed by atoms with Crippen LogP contribution in [-0.2, 0) is 0 Å². The molecule has 23 heavy (non-hydrogen) atoms. The van der Waals surface area contributed by atoms with Gasteiger partial charge in [0.25, 0.3) is 0 Å². The van der Waals surface area contributed by atoms with E-state index in [0.717, 1.165) is 17.3 Å². The number of para-hydroxylation sites is 1. The smallest absolute Gasteiger partial charge is 0.0740 e. The Bertz CT molecular complexity index is 750. The average molecular weight is 302 g/mol.